The van der Waals surface area contributed by atoms with Crippen molar-refractivity contribution < 1.29 is 9.84 Å². The molecular formula is C24H29NO2. The van der Waals surface area contributed by atoms with Crippen molar-refractivity contribution >= 4 is 0 Å². The minimum Gasteiger partial charge on any atom is -0.497 e. The molecule has 1 aliphatic rings. The Morgan fingerprint density at radius 2 is 1.81 bits per heavy atom. The highest BCUT2D eigenvalue weighted by molar-refractivity contribution is 5.38. The second-order valence-electron chi connectivity index (χ2n) is 7.73. The summed E-state index contributed by atoms with van der Waals surface area (Å²) in [4.78, 5) is 2.15. The molecule has 3 nitrogen and oxygen atoms in total. The van der Waals surface area contributed by atoms with Gasteiger partial charge in [-0.1, -0.05) is 42.2 Å². The average Bonchev–Trinajstić information content (AvgIpc) is 2.97. The Hall–Kier alpha value is -2.28. The molecule has 3 atom stereocenters. The van der Waals surface area contributed by atoms with Gasteiger partial charge in [0.15, 0.2) is 0 Å². The second-order valence-corrected chi connectivity index (χ2v) is 7.73. The standard InChI is InChI=1S/C24H29NO2/c1-25(2)18-22-13-12-21(16-20-10-7-11-23(17-20)27-3)24(22,26)15-14-19-8-5-4-6-9-19/h4-11,17,21-22,26H,12-13,16,18H2,1-3H3. The lowest BCUT2D eigenvalue weighted by Gasteiger charge is -2.32. The van der Waals surface area contributed by atoms with Crippen molar-refractivity contribution in [1.82, 2.24) is 4.90 Å². The molecule has 3 rings (SSSR count). The first kappa shape index (κ1) is 19.5. The summed E-state index contributed by atoms with van der Waals surface area (Å²) in [5.41, 5.74) is 1.15. The summed E-state index contributed by atoms with van der Waals surface area (Å²) in [5.74, 6) is 7.63. The highest BCUT2D eigenvalue weighted by Crippen LogP contribution is 2.42. The van der Waals surface area contributed by atoms with Crippen LogP contribution in [0, 0.1) is 23.7 Å². The third-order valence-electron chi connectivity index (χ3n) is 5.49. The van der Waals surface area contributed by atoms with Crippen molar-refractivity contribution in [3.8, 4) is 17.6 Å². The zero-order chi connectivity index (χ0) is 19.3. The average molecular weight is 364 g/mol. The molecule has 142 valence electrons. The van der Waals surface area contributed by atoms with Crippen LogP contribution in [0.5, 0.6) is 5.75 Å². The molecule has 0 spiro atoms. The van der Waals surface area contributed by atoms with Gasteiger partial charge in [-0.3, -0.25) is 0 Å². The van der Waals surface area contributed by atoms with Crippen LogP contribution in [0.2, 0.25) is 0 Å². The van der Waals surface area contributed by atoms with Gasteiger partial charge in [-0.05, 0) is 63.2 Å². The lowest BCUT2D eigenvalue weighted by atomic mass is 9.81. The van der Waals surface area contributed by atoms with E-state index < -0.39 is 5.60 Å². The monoisotopic (exact) mass is 363 g/mol. The maximum atomic E-state index is 11.7. The Morgan fingerprint density at radius 3 is 2.52 bits per heavy atom. The van der Waals surface area contributed by atoms with Gasteiger partial charge in [0, 0.05) is 23.9 Å². The molecule has 0 amide bonds. The van der Waals surface area contributed by atoms with Gasteiger partial charge in [0.05, 0.1) is 7.11 Å². The van der Waals surface area contributed by atoms with Crippen LogP contribution in [0.4, 0.5) is 0 Å². The van der Waals surface area contributed by atoms with Crippen LogP contribution in [0.1, 0.15) is 24.0 Å². The van der Waals surface area contributed by atoms with Gasteiger partial charge in [0.2, 0.25) is 0 Å². The van der Waals surface area contributed by atoms with E-state index in [-0.39, 0.29) is 11.8 Å². The SMILES string of the molecule is COc1cccc(CC2CCC(CN(C)C)C2(O)C#Cc2ccccc2)c1. The largest absolute Gasteiger partial charge is 0.497 e. The van der Waals surface area contributed by atoms with Gasteiger partial charge in [0.1, 0.15) is 11.4 Å². The predicted molar refractivity (Wildman–Crippen MR) is 110 cm³/mol. The summed E-state index contributed by atoms with van der Waals surface area (Å²) < 4.78 is 5.35. The molecule has 0 saturated heterocycles. The third-order valence-corrected chi connectivity index (χ3v) is 5.49. The van der Waals surface area contributed by atoms with Crippen LogP contribution < -0.4 is 4.74 Å². The van der Waals surface area contributed by atoms with Crippen LogP contribution in [-0.4, -0.2) is 43.4 Å². The zero-order valence-electron chi connectivity index (χ0n) is 16.5. The van der Waals surface area contributed by atoms with Gasteiger partial charge in [-0.2, -0.15) is 0 Å². The zero-order valence-corrected chi connectivity index (χ0v) is 16.5. The van der Waals surface area contributed by atoms with Crippen LogP contribution in [-0.2, 0) is 6.42 Å². The number of hydrogen-bond acceptors (Lipinski definition) is 3. The summed E-state index contributed by atoms with van der Waals surface area (Å²) in [7, 11) is 5.80. The molecule has 0 aliphatic heterocycles. The molecule has 1 N–H and O–H groups in total. The summed E-state index contributed by atoms with van der Waals surface area (Å²) >= 11 is 0. The topological polar surface area (TPSA) is 32.7 Å². The minimum atomic E-state index is -0.983. The van der Waals surface area contributed by atoms with Gasteiger partial charge >= 0.3 is 0 Å². The Bertz CT molecular complexity index is 806. The van der Waals surface area contributed by atoms with Crippen molar-refractivity contribution in [1.29, 1.82) is 0 Å². The van der Waals surface area contributed by atoms with E-state index in [1.165, 1.54) is 5.56 Å². The van der Waals surface area contributed by atoms with Crippen molar-refractivity contribution in [2.45, 2.75) is 24.9 Å². The first-order valence-electron chi connectivity index (χ1n) is 9.59. The van der Waals surface area contributed by atoms with Crippen LogP contribution in [0.15, 0.2) is 54.6 Å². The summed E-state index contributed by atoms with van der Waals surface area (Å²) in [6.45, 7) is 0.842. The van der Waals surface area contributed by atoms with E-state index in [4.69, 9.17) is 4.74 Å². The third kappa shape index (κ3) is 4.71. The lowest BCUT2D eigenvalue weighted by Crippen LogP contribution is -2.43. The van der Waals surface area contributed by atoms with Crippen LogP contribution >= 0.6 is 0 Å². The molecule has 2 aromatic carbocycles. The number of rotatable bonds is 5. The van der Waals surface area contributed by atoms with Crippen molar-refractivity contribution in [2.75, 3.05) is 27.7 Å². The number of methoxy groups -OCH3 is 1. The molecule has 1 saturated carbocycles. The lowest BCUT2D eigenvalue weighted by molar-refractivity contribution is 0.0114. The summed E-state index contributed by atoms with van der Waals surface area (Å²) in [6, 6.07) is 18.0. The maximum Gasteiger partial charge on any atom is 0.132 e. The second kappa shape index (κ2) is 8.61. The Kier molecular flexibility index (Phi) is 6.21. The Labute approximate surface area is 163 Å². The van der Waals surface area contributed by atoms with E-state index in [2.05, 4.69) is 43.0 Å². The molecular weight excluding hydrogens is 334 g/mol. The van der Waals surface area contributed by atoms with E-state index in [1.807, 2.05) is 42.5 Å². The smallest absolute Gasteiger partial charge is 0.132 e. The highest BCUT2D eigenvalue weighted by Gasteiger charge is 2.47. The predicted octanol–water partition coefficient (Wildman–Crippen LogP) is 3.61. The molecule has 0 radical (unpaired) electrons. The van der Waals surface area contributed by atoms with E-state index in [9.17, 15) is 5.11 Å². The van der Waals surface area contributed by atoms with Gasteiger partial charge in [0.25, 0.3) is 0 Å². The minimum absolute atomic E-state index is 0.116. The van der Waals surface area contributed by atoms with Gasteiger partial charge in [-0.15, -0.1) is 0 Å². The first-order chi connectivity index (χ1) is 13.0. The fourth-order valence-electron chi connectivity index (χ4n) is 4.09. The Morgan fingerprint density at radius 1 is 1.07 bits per heavy atom. The van der Waals surface area contributed by atoms with Crippen LogP contribution in [0.25, 0.3) is 0 Å². The number of benzene rings is 2. The number of ether oxygens (including phenoxy) is 1. The number of nitrogens with zero attached hydrogens (tertiary/aromatic N) is 1. The molecule has 1 aliphatic carbocycles. The van der Waals surface area contributed by atoms with Crippen molar-refractivity contribution in [2.24, 2.45) is 11.8 Å². The highest BCUT2D eigenvalue weighted by atomic mass is 16.5. The molecule has 0 heterocycles. The first-order valence-corrected chi connectivity index (χ1v) is 9.59. The molecule has 0 aromatic heterocycles. The molecule has 0 bridgehead atoms. The van der Waals surface area contributed by atoms with E-state index >= 15 is 0 Å². The van der Waals surface area contributed by atoms with Crippen molar-refractivity contribution in [3.05, 3.63) is 65.7 Å². The van der Waals surface area contributed by atoms with E-state index in [0.717, 1.165) is 37.1 Å². The summed E-state index contributed by atoms with van der Waals surface area (Å²) in [5, 5.41) is 11.7. The number of aliphatic hydroxyl groups is 1. The fraction of sp³-hybridized carbons (Fsp3) is 0.417. The van der Waals surface area contributed by atoms with Gasteiger partial charge < -0.3 is 14.7 Å². The van der Waals surface area contributed by atoms with E-state index in [0.29, 0.717) is 0 Å². The molecule has 27 heavy (non-hydrogen) atoms. The molecule has 3 heteroatoms. The van der Waals surface area contributed by atoms with E-state index in [1.54, 1.807) is 7.11 Å². The van der Waals surface area contributed by atoms with Crippen LogP contribution in [0.3, 0.4) is 0 Å². The number of hydrogen-bond donors (Lipinski definition) is 1. The fourth-order valence-corrected chi connectivity index (χ4v) is 4.09. The van der Waals surface area contributed by atoms with Crippen molar-refractivity contribution in [3.63, 3.8) is 0 Å². The normalized spacial score (nSPS) is 24.5. The molecule has 2 aromatic rings. The quantitative estimate of drug-likeness (QED) is 0.824. The molecule has 3 unspecified atom stereocenters. The Balaban J connectivity index is 1.88. The van der Waals surface area contributed by atoms with Gasteiger partial charge in [-0.25, -0.2) is 0 Å². The summed E-state index contributed by atoms with van der Waals surface area (Å²) in [6.07, 6.45) is 2.78. The maximum absolute atomic E-state index is 11.7. The molecule has 1 fully saturated rings.